The number of nitrogens with one attached hydrogen (secondary N) is 1. The van der Waals surface area contributed by atoms with Crippen LogP contribution < -0.4 is 5.32 Å². The summed E-state index contributed by atoms with van der Waals surface area (Å²) < 4.78 is 12.1. The number of methoxy groups -OCH3 is 1. The molecule has 2 saturated heterocycles. The van der Waals surface area contributed by atoms with Gasteiger partial charge in [0.05, 0.1) is 24.9 Å². The number of likely N-dealkylation sites (tertiary alicyclic amines) is 1. The molecule has 2 aliphatic rings. The van der Waals surface area contributed by atoms with Crippen molar-refractivity contribution in [2.24, 2.45) is 0 Å². The first-order valence-electron chi connectivity index (χ1n) is 8.89. The molecule has 1 atom stereocenters. The van der Waals surface area contributed by atoms with Crippen LogP contribution in [0.2, 0.25) is 0 Å². The van der Waals surface area contributed by atoms with Crippen LogP contribution in [0.3, 0.4) is 0 Å². The number of ether oxygens (including phenoxy) is 2. The molecule has 1 unspecified atom stereocenters. The summed E-state index contributed by atoms with van der Waals surface area (Å²) in [6.45, 7) is 3.39. The molecule has 144 valence electrons. The van der Waals surface area contributed by atoms with Crippen LogP contribution in [-0.2, 0) is 9.47 Å². The Hall–Kier alpha value is -2.20. The Labute approximate surface area is 152 Å². The third kappa shape index (κ3) is 4.31. The molecule has 1 N–H and O–H groups in total. The predicted octanol–water partition coefficient (Wildman–Crippen LogP) is -0.258. The van der Waals surface area contributed by atoms with Gasteiger partial charge in [-0.15, -0.1) is 5.10 Å². The second kappa shape index (κ2) is 8.45. The molecule has 0 bridgehead atoms. The summed E-state index contributed by atoms with van der Waals surface area (Å²) in [5.41, 5.74) is 0.296. The van der Waals surface area contributed by atoms with Crippen LogP contribution in [0, 0.1) is 0 Å². The van der Waals surface area contributed by atoms with Crippen LogP contribution in [-0.4, -0.2) is 96.4 Å². The fourth-order valence-corrected chi connectivity index (χ4v) is 2.99. The van der Waals surface area contributed by atoms with E-state index in [1.807, 2.05) is 0 Å². The Kier molecular flexibility index (Phi) is 6.04. The Bertz CT molecular complexity index is 624. The number of rotatable bonds is 7. The number of nitrogens with zero attached hydrogens (tertiary/aromatic N) is 5. The molecular formula is C16H26N6O4. The minimum atomic E-state index is -0.196. The van der Waals surface area contributed by atoms with E-state index in [9.17, 15) is 9.59 Å². The number of amides is 3. The number of likely N-dealkylation sites (N-methyl/N-ethyl adjacent to an activating group) is 1. The van der Waals surface area contributed by atoms with E-state index in [0.29, 0.717) is 38.5 Å². The first kappa shape index (κ1) is 18.6. The zero-order valence-corrected chi connectivity index (χ0v) is 15.3. The second-order valence-corrected chi connectivity index (χ2v) is 6.68. The first-order valence-corrected chi connectivity index (χ1v) is 8.89. The maximum absolute atomic E-state index is 12.2. The van der Waals surface area contributed by atoms with Gasteiger partial charge < -0.3 is 24.6 Å². The SMILES string of the molecule is COCCN(C)C(=O)c1cn(C2CN(C(=O)NCC3CCCO3)C2)nn1. The maximum atomic E-state index is 12.2. The van der Waals surface area contributed by atoms with Crippen molar-refractivity contribution in [3.05, 3.63) is 11.9 Å². The van der Waals surface area contributed by atoms with E-state index >= 15 is 0 Å². The van der Waals surface area contributed by atoms with Gasteiger partial charge in [0, 0.05) is 46.9 Å². The highest BCUT2D eigenvalue weighted by Gasteiger charge is 2.33. The topological polar surface area (TPSA) is 102 Å². The highest BCUT2D eigenvalue weighted by molar-refractivity contribution is 5.91. The predicted molar refractivity (Wildman–Crippen MR) is 91.8 cm³/mol. The summed E-state index contributed by atoms with van der Waals surface area (Å²) in [6, 6.07) is -0.0470. The highest BCUT2D eigenvalue weighted by atomic mass is 16.5. The van der Waals surface area contributed by atoms with E-state index in [4.69, 9.17) is 9.47 Å². The summed E-state index contributed by atoms with van der Waals surface area (Å²) in [6.07, 6.45) is 3.82. The van der Waals surface area contributed by atoms with Crippen LogP contribution in [0.4, 0.5) is 4.79 Å². The molecule has 3 heterocycles. The Morgan fingerprint density at radius 1 is 1.46 bits per heavy atom. The summed E-state index contributed by atoms with van der Waals surface area (Å²) in [7, 11) is 3.29. The third-order valence-corrected chi connectivity index (χ3v) is 4.74. The molecule has 26 heavy (non-hydrogen) atoms. The molecule has 2 aliphatic heterocycles. The van der Waals surface area contributed by atoms with Crippen molar-refractivity contribution in [1.82, 2.24) is 30.1 Å². The van der Waals surface area contributed by atoms with Gasteiger partial charge in [0.15, 0.2) is 5.69 Å². The van der Waals surface area contributed by atoms with Crippen molar-refractivity contribution in [2.45, 2.75) is 25.0 Å². The van der Waals surface area contributed by atoms with Gasteiger partial charge in [-0.1, -0.05) is 5.21 Å². The van der Waals surface area contributed by atoms with Gasteiger partial charge in [0.25, 0.3) is 5.91 Å². The summed E-state index contributed by atoms with van der Waals surface area (Å²) in [5, 5.41) is 10.9. The number of hydrogen-bond acceptors (Lipinski definition) is 6. The standard InChI is InChI=1S/C16H26N6O4/c1-20(5-7-25-2)15(23)14-11-22(19-18-14)12-9-21(10-12)16(24)17-8-13-4-3-6-26-13/h11-13H,3-10H2,1-2H3,(H,17,24). The van der Waals surface area contributed by atoms with Crippen molar-refractivity contribution in [2.75, 3.05) is 53.6 Å². The molecule has 10 heteroatoms. The van der Waals surface area contributed by atoms with E-state index < -0.39 is 0 Å². The van der Waals surface area contributed by atoms with Crippen molar-refractivity contribution < 1.29 is 19.1 Å². The lowest BCUT2D eigenvalue weighted by atomic mass is 10.1. The molecule has 0 saturated carbocycles. The average Bonchev–Trinajstić information content (AvgIpc) is 3.27. The minimum absolute atomic E-state index is 0.0433. The van der Waals surface area contributed by atoms with E-state index in [-0.39, 0.29) is 24.1 Å². The van der Waals surface area contributed by atoms with E-state index in [0.717, 1.165) is 19.4 Å². The largest absolute Gasteiger partial charge is 0.383 e. The second-order valence-electron chi connectivity index (χ2n) is 6.68. The van der Waals surface area contributed by atoms with Gasteiger partial charge in [-0.2, -0.15) is 0 Å². The van der Waals surface area contributed by atoms with Gasteiger partial charge in [0.2, 0.25) is 0 Å². The maximum Gasteiger partial charge on any atom is 0.317 e. The van der Waals surface area contributed by atoms with Crippen molar-refractivity contribution in [3.63, 3.8) is 0 Å². The quantitative estimate of drug-likeness (QED) is 0.713. The Morgan fingerprint density at radius 2 is 2.27 bits per heavy atom. The van der Waals surface area contributed by atoms with E-state index in [1.54, 1.807) is 34.8 Å². The van der Waals surface area contributed by atoms with Crippen LogP contribution >= 0.6 is 0 Å². The summed E-state index contributed by atoms with van der Waals surface area (Å²) in [5.74, 6) is -0.196. The fraction of sp³-hybridized carbons (Fsp3) is 0.750. The number of hydrogen-bond donors (Lipinski definition) is 1. The third-order valence-electron chi connectivity index (χ3n) is 4.74. The fourth-order valence-electron chi connectivity index (χ4n) is 2.99. The number of carbonyl (C=O) groups excluding carboxylic acids is 2. The lowest BCUT2D eigenvalue weighted by Crippen LogP contribution is -2.55. The van der Waals surface area contributed by atoms with Gasteiger partial charge in [0.1, 0.15) is 0 Å². The molecule has 10 nitrogen and oxygen atoms in total. The van der Waals surface area contributed by atoms with Gasteiger partial charge in [-0.3, -0.25) is 4.79 Å². The summed E-state index contributed by atoms with van der Waals surface area (Å²) in [4.78, 5) is 27.6. The molecule has 1 aromatic heterocycles. The van der Waals surface area contributed by atoms with Crippen LogP contribution in [0.25, 0.3) is 0 Å². The van der Waals surface area contributed by atoms with Crippen molar-refractivity contribution in [3.8, 4) is 0 Å². The molecule has 3 amide bonds. The zero-order valence-electron chi connectivity index (χ0n) is 15.3. The average molecular weight is 366 g/mol. The summed E-state index contributed by atoms with van der Waals surface area (Å²) >= 11 is 0. The molecule has 0 aromatic carbocycles. The van der Waals surface area contributed by atoms with Gasteiger partial charge in [-0.25, -0.2) is 9.48 Å². The molecule has 3 rings (SSSR count). The molecule has 0 radical (unpaired) electrons. The monoisotopic (exact) mass is 366 g/mol. The molecule has 2 fully saturated rings. The van der Waals surface area contributed by atoms with Crippen LogP contribution in [0.15, 0.2) is 6.20 Å². The lowest BCUT2D eigenvalue weighted by Gasteiger charge is -2.38. The van der Waals surface area contributed by atoms with Crippen LogP contribution in [0.5, 0.6) is 0 Å². The molecule has 0 aliphatic carbocycles. The van der Waals surface area contributed by atoms with E-state index in [1.165, 1.54) is 0 Å². The molecule has 1 aromatic rings. The van der Waals surface area contributed by atoms with Gasteiger partial charge in [-0.05, 0) is 12.8 Å². The molecule has 0 spiro atoms. The first-order chi connectivity index (χ1) is 12.6. The molecular weight excluding hydrogens is 340 g/mol. The Balaban J connectivity index is 1.43. The van der Waals surface area contributed by atoms with Crippen LogP contribution in [0.1, 0.15) is 29.4 Å². The van der Waals surface area contributed by atoms with Crippen molar-refractivity contribution >= 4 is 11.9 Å². The highest BCUT2D eigenvalue weighted by Crippen LogP contribution is 2.20. The van der Waals surface area contributed by atoms with Gasteiger partial charge >= 0.3 is 6.03 Å². The lowest BCUT2D eigenvalue weighted by molar-refractivity contribution is 0.0738. The van der Waals surface area contributed by atoms with Crippen molar-refractivity contribution in [1.29, 1.82) is 0 Å². The number of carbonyl (C=O) groups is 2. The number of aromatic nitrogens is 3. The minimum Gasteiger partial charge on any atom is -0.383 e. The normalized spacial score (nSPS) is 20.1. The number of urea groups is 1. The zero-order chi connectivity index (χ0) is 18.5. The smallest absolute Gasteiger partial charge is 0.317 e. The van der Waals surface area contributed by atoms with E-state index in [2.05, 4.69) is 15.6 Å². The Morgan fingerprint density at radius 3 is 2.96 bits per heavy atom.